The smallest absolute Gasteiger partial charge is 0.251 e. The molecule has 0 saturated heterocycles. The standard InChI is InChI=1S/C26H30N6O3/c1-4-31(5-2)14-12-28-26(34)18-6-9-20(10-7-18)30-24-25-27-13-15-32(25)21(17-29-24)19-8-11-22(33)23(16-19)35-3/h6-11,13,15-17,33H,4-5,12,14H2,1-3H3,(H,28,34)(H,29,30). The van der Waals surface area contributed by atoms with Crippen LogP contribution in [0.1, 0.15) is 24.2 Å². The van der Waals surface area contributed by atoms with E-state index in [4.69, 9.17) is 4.74 Å². The van der Waals surface area contributed by atoms with Crippen molar-refractivity contribution in [2.45, 2.75) is 13.8 Å². The van der Waals surface area contributed by atoms with Crippen molar-refractivity contribution in [1.82, 2.24) is 24.6 Å². The Morgan fingerprint density at radius 1 is 1.11 bits per heavy atom. The van der Waals surface area contributed by atoms with Gasteiger partial charge in [0.15, 0.2) is 23.0 Å². The van der Waals surface area contributed by atoms with Crippen LogP contribution in [0.3, 0.4) is 0 Å². The molecule has 9 heteroatoms. The second-order valence-corrected chi connectivity index (χ2v) is 7.98. The molecule has 2 heterocycles. The number of anilines is 2. The maximum atomic E-state index is 12.5. The number of hydrogen-bond donors (Lipinski definition) is 3. The molecular weight excluding hydrogens is 444 g/mol. The summed E-state index contributed by atoms with van der Waals surface area (Å²) in [6.45, 7) is 7.60. The number of methoxy groups -OCH3 is 1. The average molecular weight is 475 g/mol. The third-order valence-electron chi connectivity index (χ3n) is 5.92. The quantitative estimate of drug-likeness (QED) is 0.320. The van der Waals surface area contributed by atoms with Gasteiger partial charge in [-0.1, -0.05) is 13.8 Å². The van der Waals surface area contributed by atoms with Crippen LogP contribution in [0.25, 0.3) is 16.9 Å². The number of nitrogens with zero attached hydrogens (tertiary/aromatic N) is 4. The van der Waals surface area contributed by atoms with E-state index in [0.717, 1.165) is 36.6 Å². The first-order valence-corrected chi connectivity index (χ1v) is 11.6. The third kappa shape index (κ3) is 5.36. The van der Waals surface area contributed by atoms with Crippen LogP contribution in [0.2, 0.25) is 0 Å². The summed E-state index contributed by atoms with van der Waals surface area (Å²) in [6, 6.07) is 12.4. The van der Waals surface area contributed by atoms with Crippen LogP contribution in [0.15, 0.2) is 61.1 Å². The highest BCUT2D eigenvalue weighted by Crippen LogP contribution is 2.32. The number of aromatic nitrogens is 3. The van der Waals surface area contributed by atoms with Crippen molar-refractivity contribution in [2.24, 2.45) is 0 Å². The Kier molecular flexibility index (Phi) is 7.47. The highest BCUT2D eigenvalue weighted by atomic mass is 16.5. The van der Waals surface area contributed by atoms with Crippen LogP contribution >= 0.6 is 0 Å². The lowest BCUT2D eigenvalue weighted by atomic mass is 10.1. The minimum Gasteiger partial charge on any atom is -0.504 e. The van der Waals surface area contributed by atoms with E-state index in [0.29, 0.717) is 29.3 Å². The molecule has 9 nitrogen and oxygen atoms in total. The molecule has 0 atom stereocenters. The molecule has 0 aliphatic heterocycles. The molecule has 0 bridgehead atoms. The van der Waals surface area contributed by atoms with Crippen LogP contribution in [-0.4, -0.2) is 63.6 Å². The summed E-state index contributed by atoms with van der Waals surface area (Å²) in [7, 11) is 1.51. The molecule has 182 valence electrons. The van der Waals surface area contributed by atoms with Gasteiger partial charge in [-0.25, -0.2) is 9.97 Å². The van der Waals surface area contributed by atoms with E-state index in [1.54, 1.807) is 42.7 Å². The number of phenolic OH excluding ortho intramolecular Hbond substituents is 1. The number of ether oxygens (including phenoxy) is 1. The fourth-order valence-electron chi connectivity index (χ4n) is 3.87. The summed E-state index contributed by atoms with van der Waals surface area (Å²) < 4.78 is 7.15. The Labute approximate surface area is 204 Å². The maximum Gasteiger partial charge on any atom is 0.251 e. The van der Waals surface area contributed by atoms with Gasteiger partial charge in [0.25, 0.3) is 5.91 Å². The van der Waals surface area contributed by atoms with E-state index < -0.39 is 0 Å². The number of fused-ring (bicyclic) bond motifs is 1. The van der Waals surface area contributed by atoms with E-state index in [1.807, 2.05) is 22.7 Å². The minimum absolute atomic E-state index is 0.0744. The molecule has 0 aliphatic rings. The molecule has 1 amide bonds. The lowest BCUT2D eigenvalue weighted by Gasteiger charge is -2.18. The molecule has 35 heavy (non-hydrogen) atoms. The number of carbonyl (C=O) groups is 1. The number of carbonyl (C=O) groups excluding carboxylic acids is 1. The fourth-order valence-corrected chi connectivity index (χ4v) is 3.87. The number of imidazole rings is 1. The normalized spacial score (nSPS) is 11.1. The van der Waals surface area contributed by atoms with Crippen LogP contribution < -0.4 is 15.4 Å². The molecule has 0 fully saturated rings. The summed E-state index contributed by atoms with van der Waals surface area (Å²) in [4.78, 5) is 23.8. The average Bonchev–Trinajstić information content (AvgIpc) is 3.38. The molecule has 0 unspecified atom stereocenters. The topological polar surface area (TPSA) is 104 Å². The number of amides is 1. The van der Waals surface area contributed by atoms with Crippen LogP contribution in [-0.2, 0) is 0 Å². The second kappa shape index (κ2) is 10.9. The van der Waals surface area contributed by atoms with Gasteiger partial charge in [-0.2, -0.15) is 0 Å². The summed E-state index contributed by atoms with van der Waals surface area (Å²) in [5.41, 5.74) is 3.68. The van der Waals surface area contributed by atoms with Crippen molar-refractivity contribution >= 4 is 23.1 Å². The van der Waals surface area contributed by atoms with Crippen molar-refractivity contribution in [2.75, 3.05) is 38.6 Å². The Bertz CT molecular complexity index is 1300. The Balaban J connectivity index is 1.48. The lowest BCUT2D eigenvalue weighted by molar-refractivity contribution is 0.0949. The summed E-state index contributed by atoms with van der Waals surface area (Å²) in [5.74, 6) is 0.951. The Hall–Kier alpha value is -4.11. The van der Waals surface area contributed by atoms with Gasteiger partial charge in [-0.3, -0.25) is 9.20 Å². The van der Waals surface area contributed by atoms with Gasteiger partial charge in [0.2, 0.25) is 0 Å². The Morgan fingerprint density at radius 3 is 2.60 bits per heavy atom. The molecule has 0 aliphatic carbocycles. The van der Waals surface area contributed by atoms with Crippen molar-refractivity contribution in [3.8, 4) is 22.8 Å². The summed E-state index contributed by atoms with van der Waals surface area (Å²) >= 11 is 0. The van der Waals surface area contributed by atoms with Gasteiger partial charge in [0.05, 0.1) is 19.0 Å². The number of phenols is 1. The molecule has 4 aromatic rings. The molecule has 0 radical (unpaired) electrons. The largest absolute Gasteiger partial charge is 0.504 e. The zero-order valence-corrected chi connectivity index (χ0v) is 20.2. The first-order chi connectivity index (χ1) is 17.0. The lowest BCUT2D eigenvalue weighted by Crippen LogP contribution is -2.34. The van der Waals surface area contributed by atoms with Crippen molar-refractivity contribution in [1.29, 1.82) is 0 Å². The number of aromatic hydroxyl groups is 1. The number of benzene rings is 2. The molecular formula is C26H30N6O3. The predicted octanol–water partition coefficient (Wildman–Crippen LogP) is 3.93. The van der Waals surface area contributed by atoms with E-state index in [9.17, 15) is 9.90 Å². The number of hydrogen-bond acceptors (Lipinski definition) is 7. The minimum atomic E-state index is -0.0915. The zero-order valence-electron chi connectivity index (χ0n) is 20.2. The highest BCUT2D eigenvalue weighted by molar-refractivity contribution is 5.94. The van der Waals surface area contributed by atoms with Crippen LogP contribution in [0, 0.1) is 0 Å². The van der Waals surface area contributed by atoms with Gasteiger partial charge in [-0.15, -0.1) is 0 Å². The second-order valence-electron chi connectivity index (χ2n) is 7.98. The predicted molar refractivity (Wildman–Crippen MR) is 136 cm³/mol. The van der Waals surface area contributed by atoms with Gasteiger partial charge in [0, 0.05) is 42.3 Å². The van der Waals surface area contributed by atoms with Crippen molar-refractivity contribution in [3.05, 3.63) is 66.6 Å². The first kappa shape index (κ1) is 24.0. The van der Waals surface area contributed by atoms with Gasteiger partial charge in [0.1, 0.15) is 0 Å². The van der Waals surface area contributed by atoms with Crippen molar-refractivity contribution < 1.29 is 14.6 Å². The molecule has 2 aromatic heterocycles. The molecule has 0 saturated carbocycles. The SMILES string of the molecule is CCN(CC)CCNC(=O)c1ccc(Nc2ncc(-c3ccc(O)c(OC)c3)n3ccnc23)cc1. The third-order valence-corrected chi connectivity index (χ3v) is 5.92. The molecule has 0 spiro atoms. The van der Waals surface area contributed by atoms with E-state index >= 15 is 0 Å². The van der Waals surface area contributed by atoms with Gasteiger partial charge >= 0.3 is 0 Å². The summed E-state index contributed by atoms with van der Waals surface area (Å²) in [5, 5.41) is 16.2. The van der Waals surface area contributed by atoms with E-state index in [1.165, 1.54) is 7.11 Å². The van der Waals surface area contributed by atoms with E-state index in [2.05, 4.69) is 39.3 Å². The van der Waals surface area contributed by atoms with Crippen LogP contribution in [0.4, 0.5) is 11.5 Å². The first-order valence-electron chi connectivity index (χ1n) is 11.6. The number of likely N-dealkylation sites (N-methyl/N-ethyl adjacent to an activating group) is 1. The Morgan fingerprint density at radius 2 is 1.89 bits per heavy atom. The molecule has 2 aromatic carbocycles. The summed E-state index contributed by atoms with van der Waals surface area (Å²) in [6.07, 6.45) is 5.29. The van der Waals surface area contributed by atoms with Crippen molar-refractivity contribution in [3.63, 3.8) is 0 Å². The molecule has 3 N–H and O–H groups in total. The monoisotopic (exact) mass is 474 g/mol. The van der Waals surface area contributed by atoms with Gasteiger partial charge in [-0.05, 0) is 55.6 Å². The van der Waals surface area contributed by atoms with Crippen LogP contribution in [0.5, 0.6) is 11.5 Å². The van der Waals surface area contributed by atoms with E-state index in [-0.39, 0.29) is 11.7 Å². The molecule has 4 rings (SSSR count). The number of nitrogens with one attached hydrogen (secondary N) is 2. The fraction of sp³-hybridized carbons (Fsp3) is 0.269. The zero-order chi connectivity index (χ0) is 24.8. The number of rotatable bonds is 10. The maximum absolute atomic E-state index is 12.5. The highest BCUT2D eigenvalue weighted by Gasteiger charge is 2.13. The van der Waals surface area contributed by atoms with Gasteiger partial charge < -0.3 is 25.4 Å².